The van der Waals surface area contributed by atoms with Crippen molar-refractivity contribution in [1.29, 1.82) is 5.41 Å². The summed E-state index contributed by atoms with van der Waals surface area (Å²) in [6.45, 7) is 0. The van der Waals surface area contributed by atoms with Crippen molar-refractivity contribution in [1.82, 2.24) is 10.8 Å². The van der Waals surface area contributed by atoms with Crippen LogP contribution in [-0.4, -0.2) is 37.1 Å². The molecule has 3 rings (SSSR count). The van der Waals surface area contributed by atoms with E-state index in [1.165, 1.54) is 20.3 Å². The standard InChI is InChI=1S/C21H20N4O5/c1-28-24-20(25-29-2)16-12-14(8-9-15(16)13-6-4-3-5-7-13)17-10-11-18(30-17)19(22)23-21(26)27/h3-12H,1-2H3,(H2,22,23)(H,24,25)(H,26,27). The molecule has 0 saturated carbocycles. The summed E-state index contributed by atoms with van der Waals surface area (Å²) in [5, 5.41) is 22.5. The van der Waals surface area contributed by atoms with E-state index in [1.54, 1.807) is 6.07 Å². The highest BCUT2D eigenvalue weighted by Crippen LogP contribution is 2.30. The van der Waals surface area contributed by atoms with Gasteiger partial charge in [0, 0.05) is 11.1 Å². The summed E-state index contributed by atoms with van der Waals surface area (Å²) >= 11 is 0. The van der Waals surface area contributed by atoms with Crippen LogP contribution in [0.5, 0.6) is 0 Å². The van der Waals surface area contributed by atoms with Crippen LogP contribution in [0.2, 0.25) is 0 Å². The van der Waals surface area contributed by atoms with Crippen molar-refractivity contribution in [3.63, 3.8) is 0 Å². The van der Waals surface area contributed by atoms with Crippen molar-refractivity contribution >= 4 is 17.8 Å². The largest absolute Gasteiger partial charge is 0.465 e. The van der Waals surface area contributed by atoms with Crippen molar-refractivity contribution in [2.75, 3.05) is 14.2 Å². The van der Waals surface area contributed by atoms with E-state index in [2.05, 4.69) is 10.6 Å². The van der Waals surface area contributed by atoms with Gasteiger partial charge in [-0.15, -0.1) is 0 Å². The second kappa shape index (κ2) is 9.39. The molecule has 30 heavy (non-hydrogen) atoms. The van der Waals surface area contributed by atoms with Gasteiger partial charge in [0.1, 0.15) is 12.9 Å². The van der Waals surface area contributed by atoms with Gasteiger partial charge in [0.25, 0.3) is 0 Å². The van der Waals surface area contributed by atoms with E-state index in [4.69, 9.17) is 24.6 Å². The highest BCUT2D eigenvalue weighted by Gasteiger charge is 2.16. The monoisotopic (exact) mass is 408 g/mol. The maximum absolute atomic E-state index is 10.7. The first-order chi connectivity index (χ1) is 14.5. The first-order valence-corrected chi connectivity index (χ1v) is 8.82. The van der Waals surface area contributed by atoms with Gasteiger partial charge in [-0.2, -0.15) is 0 Å². The second-order valence-electron chi connectivity index (χ2n) is 6.02. The summed E-state index contributed by atoms with van der Waals surface area (Å²) in [5.41, 5.74) is 5.95. The Kier molecular flexibility index (Phi) is 6.46. The molecule has 9 heteroatoms. The van der Waals surface area contributed by atoms with Crippen LogP contribution in [0, 0.1) is 5.41 Å². The second-order valence-corrected chi connectivity index (χ2v) is 6.02. The summed E-state index contributed by atoms with van der Waals surface area (Å²) in [6, 6.07) is 18.5. The van der Waals surface area contributed by atoms with Crippen molar-refractivity contribution in [2.24, 2.45) is 5.16 Å². The molecule has 0 radical (unpaired) electrons. The van der Waals surface area contributed by atoms with Gasteiger partial charge in [-0.05, 0) is 29.3 Å². The third kappa shape index (κ3) is 4.65. The lowest BCUT2D eigenvalue weighted by atomic mass is 9.96. The maximum atomic E-state index is 10.7. The average molecular weight is 408 g/mol. The zero-order valence-corrected chi connectivity index (χ0v) is 16.3. The van der Waals surface area contributed by atoms with Crippen LogP contribution in [0.4, 0.5) is 4.79 Å². The smallest absolute Gasteiger partial charge is 0.410 e. The molecule has 0 fully saturated rings. The third-order valence-corrected chi connectivity index (χ3v) is 4.11. The molecule has 1 aromatic heterocycles. The molecule has 1 amide bonds. The molecule has 3 aromatic rings. The summed E-state index contributed by atoms with van der Waals surface area (Å²) < 4.78 is 5.66. The third-order valence-electron chi connectivity index (χ3n) is 4.11. The molecule has 9 nitrogen and oxygen atoms in total. The van der Waals surface area contributed by atoms with Crippen LogP contribution in [-0.2, 0) is 9.68 Å². The Morgan fingerprint density at radius 2 is 1.83 bits per heavy atom. The fourth-order valence-electron chi connectivity index (χ4n) is 2.87. The number of furan rings is 1. The number of rotatable bonds is 6. The zero-order chi connectivity index (χ0) is 21.5. The van der Waals surface area contributed by atoms with E-state index in [1.807, 2.05) is 53.8 Å². The average Bonchev–Trinajstić information content (AvgIpc) is 3.24. The van der Waals surface area contributed by atoms with Crippen molar-refractivity contribution in [3.05, 3.63) is 72.0 Å². The van der Waals surface area contributed by atoms with Gasteiger partial charge < -0.3 is 14.4 Å². The number of carbonyl (C=O) groups is 1. The maximum Gasteiger partial charge on any atom is 0.410 e. The van der Waals surface area contributed by atoms with E-state index in [0.717, 1.165) is 11.1 Å². The molecule has 4 N–H and O–H groups in total. The predicted octanol–water partition coefficient (Wildman–Crippen LogP) is 3.67. The Bertz CT molecular complexity index is 1080. The Morgan fingerprint density at radius 1 is 1.07 bits per heavy atom. The quantitative estimate of drug-likeness (QED) is 0.280. The molecular weight excluding hydrogens is 388 g/mol. The summed E-state index contributed by atoms with van der Waals surface area (Å²) in [4.78, 5) is 20.7. The number of amidine groups is 2. The fraction of sp³-hybridized carbons (Fsp3) is 0.0952. The molecule has 0 saturated heterocycles. The molecule has 0 spiro atoms. The van der Waals surface area contributed by atoms with E-state index in [9.17, 15) is 4.79 Å². The first kappa shape index (κ1) is 20.6. The number of benzene rings is 2. The molecule has 0 unspecified atom stereocenters. The van der Waals surface area contributed by atoms with Gasteiger partial charge >= 0.3 is 6.09 Å². The minimum Gasteiger partial charge on any atom is -0.465 e. The van der Waals surface area contributed by atoms with Crippen molar-refractivity contribution < 1.29 is 24.0 Å². The van der Waals surface area contributed by atoms with Gasteiger partial charge in [0.05, 0.1) is 7.11 Å². The Hall–Kier alpha value is -4.11. The minimum absolute atomic E-state index is 0.0990. The van der Waals surface area contributed by atoms with Crippen molar-refractivity contribution in [3.8, 4) is 22.5 Å². The Morgan fingerprint density at radius 3 is 2.50 bits per heavy atom. The highest BCUT2D eigenvalue weighted by atomic mass is 16.7. The topological polar surface area (TPSA) is 129 Å². The lowest BCUT2D eigenvalue weighted by molar-refractivity contribution is 0.135. The fourth-order valence-corrected chi connectivity index (χ4v) is 2.87. The number of hydrogen-bond donors (Lipinski definition) is 4. The van der Waals surface area contributed by atoms with Crippen LogP contribution in [0.1, 0.15) is 11.3 Å². The van der Waals surface area contributed by atoms with Gasteiger partial charge in [-0.25, -0.2) is 10.3 Å². The number of nitrogens with one attached hydrogen (secondary N) is 3. The van der Waals surface area contributed by atoms with Crippen LogP contribution < -0.4 is 10.8 Å². The predicted molar refractivity (Wildman–Crippen MR) is 111 cm³/mol. The first-order valence-electron chi connectivity index (χ1n) is 8.82. The summed E-state index contributed by atoms with van der Waals surface area (Å²) in [5.74, 6) is 0.559. The van der Waals surface area contributed by atoms with Crippen LogP contribution in [0.3, 0.4) is 0 Å². The number of oxime groups is 1. The molecule has 0 aliphatic carbocycles. The van der Waals surface area contributed by atoms with Crippen LogP contribution in [0.15, 0.2) is 70.2 Å². The minimum atomic E-state index is -1.33. The SMILES string of the molecule is CO/N=C(\NOC)c1cc(-c2ccc(C(=N)NC(=O)O)o2)ccc1-c1ccccc1. The van der Waals surface area contributed by atoms with Gasteiger partial charge in [0.2, 0.25) is 0 Å². The van der Waals surface area contributed by atoms with Crippen molar-refractivity contribution in [2.45, 2.75) is 0 Å². The number of amides is 1. The molecule has 2 aromatic carbocycles. The zero-order valence-electron chi connectivity index (χ0n) is 16.3. The molecule has 0 aliphatic rings. The van der Waals surface area contributed by atoms with Gasteiger partial charge in [-0.1, -0.05) is 47.6 Å². The van der Waals surface area contributed by atoms with E-state index < -0.39 is 6.09 Å². The molecule has 0 aliphatic heterocycles. The number of hydrogen-bond acceptors (Lipinski definition) is 6. The lowest BCUT2D eigenvalue weighted by Crippen LogP contribution is -2.28. The van der Waals surface area contributed by atoms with E-state index in [-0.39, 0.29) is 11.6 Å². The molecular formula is C21H20N4O5. The highest BCUT2D eigenvalue weighted by molar-refractivity contribution is 6.05. The lowest BCUT2D eigenvalue weighted by Gasteiger charge is -2.14. The molecule has 154 valence electrons. The number of nitrogens with zero attached hydrogens (tertiary/aromatic N) is 1. The molecule has 0 atom stereocenters. The summed E-state index contributed by atoms with van der Waals surface area (Å²) in [6.07, 6.45) is -1.33. The summed E-state index contributed by atoms with van der Waals surface area (Å²) in [7, 11) is 2.90. The molecule has 0 bridgehead atoms. The Labute approximate surface area is 172 Å². The van der Waals surface area contributed by atoms with Crippen LogP contribution in [0.25, 0.3) is 22.5 Å². The number of hydroxylamine groups is 1. The van der Waals surface area contributed by atoms with E-state index >= 15 is 0 Å². The Balaban J connectivity index is 2.07. The normalized spacial score (nSPS) is 11.1. The van der Waals surface area contributed by atoms with Gasteiger partial charge in [0.15, 0.2) is 17.4 Å². The number of carboxylic acid groups (broad SMARTS) is 1. The van der Waals surface area contributed by atoms with Gasteiger partial charge in [-0.3, -0.25) is 15.6 Å². The van der Waals surface area contributed by atoms with Crippen LogP contribution >= 0.6 is 0 Å². The molecule has 1 heterocycles. The van der Waals surface area contributed by atoms with E-state index in [0.29, 0.717) is 22.7 Å².